The molecule has 0 amide bonds. The van der Waals surface area contributed by atoms with Crippen molar-refractivity contribution in [2.24, 2.45) is 0 Å². The van der Waals surface area contributed by atoms with Gasteiger partial charge >= 0.3 is 0 Å². The Labute approximate surface area is 202 Å². The molecule has 180 valence electrons. The fraction of sp³-hybridized carbons (Fsp3) is 0.417. The van der Waals surface area contributed by atoms with Crippen molar-refractivity contribution in [3.05, 3.63) is 58.6 Å². The number of nitrogens with one attached hydrogen (secondary N) is 1. The largest absolute Gasteiger partial charge is 0.397 e. The number of nitrogen functional groups attached to an aromatic ring is 1. The zero-order valence-electron chi connectivity index (χ0n) is 19.8. The number of thiazole rings is 1. The minimum atomic E-state index is 0. The van der Waals surface area contributed by atoms with Crippen molar-refractivity contribution in [3.8, 4) is 0 Å². The van der Waals surface area contributed by atoms with Gasteiger partial charge in [-0.15, -0.1) is 11.3 Å². The first-order valence-electron chi connectivity index (χ1n) is 11.3. The van der Waals surface area contributed by atoms with Gasteiger partial charge in [-0.05, 0) is 19.1 Å². The Hall–Kier alpha value is -3.04. The molecule has 0 saturated carbocycles. The predicted octanol–water partition coefficient (Wildman–Crippen LogP) is 4.16. The topological polar surface area (TPSA) is 100 Å². The summed E-state index contributed by atoms with van der Waals surface area (Å²) in [5.41, 5.74) is 10.7. The molecular weight excluding hydrogens is 434 g/mol. The highest BCUT2D eigenvalue weighted by Gasteiger charge is 2.23. The number of para-hydroxylation sites is 2. The minimum absolute atomic E-state index is 0. The summed E-state index contributed by atoms with van der Waals surface area (Å²) >= 11 is 1.50. The van der Waals surface area contributed by atoms with Gasteiger partial charge in [-0.2, -0.15) is 0 Å². The minimum Gasteiger partial charge on any atom is -0.397 e. The van der Waals surface area contributed by atoms with Gasteiger partial charge in [0.2, 0.25) is 0 Å². The number of hydrogen-bond acceptors (Lipinski definition) is 9. The third-order valence-electron chi connectivity index (χ3n) is 5.29. The van der Waals surface area contributed by atoms with Crippen LogP contribution in [0.15, 0.2) is 35.8 Å². The molecule has 5 rings (SSSR count). The number of benzene rings is 1. The molecule has 3 N–H and O–H groups in total. The molecule has 0 bridgehead atoms. The maximum atomic E-state index is 11.2. The molecule has 1 fully saturated rings. The molecule has 8 nitrogen and oxygen atoms in total. The van der Waals surface area contributed by atoms with Crippen molar-refractivity contribution >= 4 is 33.6 Å². The van der Waals surface area contributed by atoms with E-state index in [4.69, 9.17) is 5.73 Å². The van der Waals surface area contributed by atoms with Crippen molar-refractivity contribution < 1.29 is 7.65 Å². The number of aryl methyl sites for hydroxylation is 1. The molecule has 0 spiro atoms. The monoisotopic (exact) mass is 471 g/mol. The molecule has 2 aliphatic rings. The van der Waals surface area contributed by atoms with E-state index < -0.39 is 0 Å². The summed E-state index contributed by atoms with van der Waals surface area (Å²) in [6.45, 7) is 13.1. The normalized spacial score (nSPS) is 14.5. The van der Waals surface area contributed by atoms with E-state index in [-0.39, 0.29) is 8.64 Å². The van der Waals surface area contributed by atoms with Crippen LogP contribution in [0, 0.1) is 6.92 Å². The fourth-order valence-electron chi connectivity index (χ4n) is 3.64. The molecule has 0 atom stereocenters. The van der Waals surface area contributed by atoms with Gasteiger partial charge in [0.15, 0.2) is 10.9 Å². The summed E-state index contributed by atoms with van der Waals surface area (Å²) in [6, 6.07) is 8.05. The standard InChI is InChI=1S/C12H12N4OS.C10H15N3.C2H6.2H2/c1-7(17)11-6-18-12(15-11)16-4-9-3-13-8(2)14-10(9)5-16;11-9-3-1-2-4-10(9)13-7-5-12-6-8-13;1-2;;/h3,6H,4-5H2,1-2H3;1-4,12H,5-8,11H2;1-2H3;2*1H. The smallest absolute Gasteiger partial charge is 0.186 e. The number of nitrogens with two attached hydrogens (primary N) is 1. The van der Waals surface area contributed by atoms with Crippen molar-refractivity contribution in [3.63, 3.8) is 0 Å². The molecule has 0 radical (unpaired) electrons. The Kier molecular flexibility index (Phi) is 8.73. The van der Waals surface area contributed by atoms with Crippen LogP contribution >= 0.6 is 11.3 Å². The highest BCUT2D eigenvalue weighted by Crippen LogP contribution is 2.29. The molecular formula is C24H37N7OS. The summed E-state index contributed by atoms with van der Waals surface area (Å²) in [4.78, 5) is 28.7. The van der Waals surface area contributed by atoms with Gasteiger partial charge in [0.05, 0.1) is 23.6 Å². The molecule has 33 heavy (non-hydrogen) atoms. The lowest BCUT2D eigenvalue weighted by Crippen LogP contribution is -2.43. The van der Waals surface area contributed by atoms with Gasteiger partial charge in [0.25, 0.3) is 0 Å². The highest BCUT2D eigenvalue weighted by molar-refractivity contribution is 7.13. The van der Waals surface area contributed by atoms with Crippen LogP contribution in [0.5, 0.6) is 0 Å². The van der Waals surface area contributed by atoms with Gasteiger partial charge in [0.1, 0.15) is 11.5 Å². The van der Waals surface area contributed by atoms with E-state index in [0.717, 1.165) is 67.2 Å². The third-order valence-corrected chi connectivity index (χ3v) is 6.20. The van der Waals surface area contributed by atoms with Gasteiger partial charge in [0, 0.05) is 59.6 Å². The average Bonchev–Trinajstić information content (AvgIpc) is 3.49. The van der Waals surface area contributed by atoms with Crippen molar-refractivity contribution in [1.82, 2.24) is 20.3 Å². The Morgan fingerprint density at radius 1 is 1.12 bits per heavy atom. The number of aromatic nitrogens is 3. The number of carbonyl (C=O) groups excluding carboxylic acids is 1. The van der Waals surface area contributed by atoms with Crippen LogP contribution in [0.1, 0.15) is 51.2 Å². The number of carbonyl (C=O) groups is 1. The molecule has 0 aliphatic carbocycles. The molecule has 4 heterocycles. The lowest BCUT2D eigenvalue weighted by atomic mass is 10.2. The van der Waals surface area contributed by atoms with Gasteiger partial charge in [-0.3, -0.25) is 4.79 Å². The van der Waals surface area contributed by atoms with Crippen LogP contribution in [0.4, 0.5) is 16.5 Å². The second-order valence-corrected chi connectivity index (χ2v) is 8.45. The fourth-order valence-corrected chi connectivity index (χ4v) is 4.51. The van der Waals surface area contributed by atoms with E-state index >= 15 is 0 Å². The Bertz CT molecular complexity index is 1070. The Morgan fingerprint density at radius 2 is 1.85 bits per heavy atom. The second kappa shape index (κ2) is 11.7. The zero-order chi connectivity index (χ0) is 23.8. The van der Waals surface area contributed by atoms with Crippen LogP contribution < -0.4 is 20.9 Å². The van der Waals surface area contributed by atoms with E-state index in [1.807, 2.05) is 45.2 Å². The quantitative estimate of drug-likeness (QED) is 0.434. The summed E-state index contributed by atoms with van der Waals surface area (Å²) in [6.07, 6.45) is 1.87. The Balaban J connectivity index is 0.000000323. The summed E-state index contributed by atoms with van der Waals surface area (Å²) in [5, 5.41) is 6.00. The molecule has 1 aromatic carbocycles. The van der Waals surface area contributed by atoms with E-state index in [1.54, 1.807) is 5.38 Å². The van der Waals surface area contributed by atoms with E-state index in [0.29, 0.717) is 5.69 Å². The Morgan fingerprint density at radius 3 is 2.52 bits per heavy atom. The SMILES string of the molecule is CC.CC(=O)c1csc(N2Cc3cnc(C)nc3C2)n1.Nc1ccccc1N1CCNCC1.[HH].[HH]. The van der Waals surface area contributed by atoms with Crippen LogP contribution in [0.25, 0.3) is 0 Å². The van der Waals surface area contributed by atoms with E-state index in [2.05, 4.69) is 36.1 Å². The first kappa shape index (κ1) is 24.6. The van der Waals surface area contributed by atoms with Crippen LogP contribution in [-0.4, -0.2) is 46.9 Å². The number of Topliss-reactive ketones (excluding diaryl/α,β-unsaturated/α-hetero) is 1. The number of nitrogens with zero attached hydrogens (tertiary/aromatic N) is 5. The van der Waals surface area contributed by atoms with Crippen molar-refractivity contribution in [2.45, 2.75) is 40.8 Å². The summed E-state index contributed by atoms with van der Waals surface area (Å²) in [5.74, 6) is 0.795. The lowest BCUT2D eigenvalue weighted by molar-refractivity contribution is 0.101. The van der Waals surface area contributed by atoms with Crippen LogP contribution in [0.3, 0.4) is 0 Å². The maximum Gasteiger partial charge on any atom is 0.186 e. The number of hydrogen-bond donors (Lipinski definition) is 2. The highest BCUT2D eigenvalue weighted by atomic mass is 32.1. The van der Waals surface area contributed by atoms with Crippen molar-refractivity contribution in [1.29, 1.82) is 0 Å². The number of ketones is 1. The van der Waals surface area contributed by atoms with Crippen LogP contribution in [-0.2, 0) is 13.1 Å². The molecule has 1 saturated heterocycles. The zero-order valence-corrected chi connectivity index (χ0v) is 20.7. The third kappa shape index (κ3) is 6.27. The second-order valence-electron chi connectivity index (χ2n) is 7.61. The van der Waals surface area contributed by atoms with Gasteiger partial charge < -0.3 is 20.9 Å². The van der Waals surface area contributed by atoms with Crippen LogP contribution in [0.2, 0.25) is 0 Å². The predicted molar refractivity (Wildman–Crippen MR) is 140 cm³/mol. The van der Waals surface area contributed by atoms with Gasteiger partial charge in [-0.25, -0.2) is 15.0 Å². The summed E-state index contributed by atoms with van der Waals surface area (Å²) < 4.78 is 0. The number of rotatable bonds is 3. The molecule has 2 aromatic heterocycles. The molecule has 0 unspecified atom stereocenters. The van der Waals surface area contributed by atoms with Crippen molar-refractivity contribution in [2.75, 3.05) is 41.7 Å². The molecule has 9 heteroatoms. The number of fused-ring (bicyclic) bond motifs is 1. The van der Waals surface area contributed by atoms with E-state index in [1.165, 1.54) is 23.9 Å². The summed E-state index contributed by atoms with van der Waals surface area (Å²) in [7, 11) is 0. The first-order valence-corrected chi connectivity index (χ1v) is 12.2. The average molecular weight is 472 g/mol. The lowest BCUT2D eigenvalue weighted by Gasteiger charge is -2.30. The molecule has 2 aliphatic heterocycles. The number of anilines is 3. The molecule has 3 aromatic rings. The van der Waals surface area contributed by atoms with E-state index in [9.17, 15) is 4.79 Å². The first-order chi connectivity index (χ1) is 16.0. The van der Waals surface area contributed by atoms with Gasteiger partial charge in [-0.1, -0.05) is 26.0 Å². The number of piperazine rings is 1. The maximum absolute atomic E-state index is 11.2.